The van der Waals surface area contributed by atoms with Gasteiger partial charge in [-0.25, -0.2) is 0 Å². The van der Waals surface area contributed by atoms with Crippen molar-refractivity contribution in [1.82, 2.24) is 100 Å². The van der Waals surface area contributed by atoms with Crippen LogP contribution in [0.5, 0.6) is 11.5 Å². The molecule has 45 N–H and O–H groups in total. The van der Waals surface area contributed by atoms with E-state index in [9.17, 15) is 19.8 Å². The molecule has 2 aliphatic heterocycles. The van der Waals surface area contributed by atoms with Gasteiger partial charge in [0.1, 0.15) is 90.0 Å². The van der Waals surface area contributed by atoms with Crippen LogP contribution in [-0.4, -0.2) is 288 Å². The van der Waals surface area contributed by atoms with Gasteiger partial charge in [0.25, 0.3) is 0 Å². The third kappa shape index (κ3) is 41.5. The molecule has 6 rings (SSSR count). The molecule has 2 aliphatic rings. The zero-order valence-electron chi connectivity index (χ0n) is 78.5. The number of hydrogen-bond donors (Lipinski definition) is 35. The second-order valence-corrected chi connectivity index (χ2v) is 36.6. The summed E-state index contributed by atoms with van der Waals surface area (Å²) < 4.78 is 0. The van der Waals surface area contributed by atoms with Gasteiger partial charge in [-0.3, -0.25) is 94.2 Å². The van der Waals surface area contributed by atoms with Crippen molar-refractivity contribution >= 4 is 145 Å². The number of primary amides is 1. The number of aromatic amines is 1. The number of phenolic OH excluding ortho intramolecular Hbond substituents is 2. The Morgan fingerprint density at radius 2 is 0.829 bits per heavy atom. The Hall–Kier alpha value is -13.7. The maximum Gasteiger partial charge on any atom is 0.245 e. The summed E-state index contributed by atoms with van der Waals surface area (Å²) >= 11 is 0. The molecule has 772 valence electrons. The summed E-state index contributed by atoms with van der Waals surface area (Å²) in [7, 11) is 1.60. The number of aromatic nitrogens is 1. The second kappa shape index (κ2) is 61.6. The fourth-order valence-corrected chi connectivity index (χ4v) is 17.7. The zero-order chi connectivity index (χ0) is 103. The molecule has 14 atom stereocenters. The van der Waals surface area contributed by atoms with Crippen LogP contribution in [0.25, 0.3) is 10.9 Å². The molecule has 140 heavy (non-hydrogen) atoms. The van der Waals surface area contributed by atoms with Gasteiger partial charge in [-0.15, -0.1) is 0 Å². The van der Waals surface area contributed by atoms with Crippen LogP contribution in [0.2, 0.25) is 0 Å². The van der Waals surface area contributed by atoms with Crippen LogP contribution in [0.3, 0.4) is 0 Å². The van der Waals surface area contributed by atoms with Gasteiger partial charge in [0.15, 0.2) is 29.8 Å². The van der Waals surface area contributed by atoms with Gasteiger partial charge >= 0.3 is 0 Å². The number of aromatic hydroxyl groups is 2. The number of nitrogens with one attached hydrogen (secondary N) is 23. The number of rotatable bonds is 47. The van der Waals surface area contributed by atoms with E-state index in [4.69, 9.17) is 84.4 Å². The molecule has 0 aliphatic carbocycles. The smallest absolute Gasteiger partial charge is 0.245 e. The number of hydrogen-bond acceptors (Lipinski definition) is 27. The van der Waals surface area contributed by atoms with Crippen molar-refractivity contribution in [2.24, 2.45) is 57.3 Å². The van der Waals surface area contributed by atoms with Crippen LogP contribution >= 0.6 is 21.6 Å². The van der Waals surface area contributed by atoms with E-state index in [-0.39, 0.29) is 211 Å². The van der Waals surface area contributed by atoms with Crippen LogP contribution in [0.15, 0.2) is 79.0 Å². The minimum Gasteiger partial charge on any atom is -0.508 e. The molecule has 0 saturated carbocycles. The van der Waals surface area contributed by atoms with Crippen molar-refractivity contribution in [3.63, 3.8) is 0 Å². The molecule has 52 heteroatoms. The number of amides is 14. The minimum absolute atomic E-state index is 0.00894. The van der Waals surface area contributed by atoms with Crippen LogP contribution in [0.4, 0.5) is 0 Å². The molecule has 2 saturated heterocycles. The highest BCUT2D eigenvalue weighted by molar-refractivity contribution is 8.76. The number of carbonyl (C=O) groups is 14. The molecule has 4 aromatic rings. The molecule has 3 heterocycles. The van der Waals surface area contributed by atoms with Gasteiger partial charge in [0, 0.05) is 87.1 Å². The zero-order valence-corrected chi connectivity index (χ0v) is 80.1. The Morgan fingerprint density at radius 1 is 0.429 bits per heavy atom. The van der Waals surface area contributed by atoms with Crippen molar-refractivity contribution in [3.8, 4) is 11.5 Å². The highest BCUT2D eigenvalue weighted by Gasteiger charge is 2.43. The Labute approximate surface area is 819 Å². The number of para-hydroxylation sites is 1. The molecule has 0 bridgehead atoms. The van der Waals surface area contributed by atoms with E-state index in [2.05, 4.69) is 95.4 Å². The predicted octanol–water partition coefficient (Wildman–Crippen LogP) is -6.67. The van der Waals surface area contributed by atoms with Gasteiger partial charge in [-0.1, -0.05) is 64.1 Å². The molecule has 14 amide bonds. The molecule has 1 aromatic heterocycles. The predicted molar refractivity (Wildman–Crippen MR) is 530 cm³/mol. The van der Waals surface area contributed by atoms with E-state index in [1.807, 2.05) is 0 Å². The lowest BCUT2D eigenvalue weighted by molar-refractivity contribution is -0.142. The minimum atomic E-state index is -1.86. The summed E-state index contributed by atoms with van der Waals surface area (Å²) in [5.41, 5.74) is 60.0. The molecule has 50 nitrogen and oxygen atoms in total. The highest BCUT2D eigenvalue weighted by Crippen LogP contribution is 2.27. The molecular weight excluding hydrogens is 1850 g/mol. The van der Waals surface area contributed by atoms with E-state index < -0.39 is 209 Å². The maximum atomic E-state index is 16.0. The average molecular weight is 2000 g/mol. The van der Waals surface area contributed by atoms with E-state index in [0.29, 0.717) is 40.4 Å². The van der Waals surface area contributed by atoms with Gasteiger partial charge in [-0.2, -0.15) is 0 Å². The van der Waals surface area contributed by atoms with Crippen LogP contribution < -0.4 is 148 Å². The molecular formula is C88H142N34O16S2. The Morgan fingerprint density at radius 3 is 1.30 bits per heavy atom. The topological polar surface area (TPSA) is 882 Å². The lowest BCUT2D eigenvalue weighted by Crippen LogP contribution is -2.61. The molecule has 2 fully saturated rings. The van der Waals surface area contributed by atoms with E-state index in [0.717, 1.165) is 21.6 Å². The first-order valence-electron chi connectivity index (χ1n) is 46.7. The largest absolute Gasteiger partial charge is 0.508 e. The first-order chi connectivity index (χ1) is 66.9. The van der Waals surface area contributed by atoms with Crippen molar-refractivity contribution in [2.75, 3.05) is 70.4 Å². The number of carbonyl (C=O) groups excluding carboxylic acids is 14. The lowest BCUT2D eigenvalue weighted by atomic mass is 10.0. The van der Waals surface area contributed by atoms with E-state index in [1.165, 1.54) is 53.4 Å². The molecule has 0 radical (unpaired) electrons. The summed E-state index contributed by atoms with van der Waals surface area (Å²) in [6, 6.07) is -3.78. The number of phenols is 2. The number of nitrogens with two attached hydrogens (primary N) is 10. The number of guanidine groups is 5. The number of H-pyrrole nitrogens is 1. The van der Waals surface area contributed by atoms with Gasteiger partial charge in [0.2, 0.25) is 82.7 Å². The summed E-state index contributed by atoms with van der Waals surface area (Å²) in [4.78, 5) is 217. The third-order valence-electron chi connectivity index (χ3n) is 23.0. The van der Waals surface area contributed by atoms with E-state index in [1.54, 1.807) is 30.5 Å². The second-order valence-electron chi connectivity index (χ2n) is 34.1. The first kappa shape index (κ1) is 115. The molecule has 3 aromatic carbocycles. The summed E-state index contributed by atoms with van der Waals surface area (Å²) in [6.45, 7) is 0.510. The summed E-state index contributed by atoms with van der Waals surface area (Å²) in [5, 5.41) is 106. The fourth-order valence-electron chi connectivity index (χ4n) is 15.4. The summed E-state index contributed by atoms with van der Waals surface area (Å²) in [6.07, 6.45) is 1.70. The van der Waals surface area contributed by atoms with Gasteiger partial charge in [0.05, 0.1) is 6.04 Å². The van der Waals surface area contributed by atoms with Crippen molar-refractivity contribution in [3.05, 3.63) is 95.7 Å². The first-order valence-corrected chi connectivity index (χ1v) is 49.2. The summed E-state index contributed by atoms with van der Waals surface area (Å²) in [5.74, 6) is -16.9. The maximum absolute atomic E-state index is 16.0. The van der Waals surface area contributed by atoms with Crippen molar-refractivity contribution < 1.29 is 77.3 Å². The van der Waals surface area contributed by atoms with Gasteiger partial charge in [-0.05, 0) is 201 Å². The number of nitrogens with zero attached hydrogens (tertiary/aromatic N) is 1. The molecule has 0 unspecified atom stereocenters. The quantitative estimate of drug-likeness (QED) is 0.00846. The lowest BCUT2D eigenvalue weighted by Gasteiger charge is -2.31. The number of fused-ring (bicyclic) bond motifs is 2. The third-order valence-corrected chi connectivity index (χ3v) is 25.4. The normalized spacial score (nSPS) is 20.5. The van der Waals surface area contributed by atoms with Crippen molar-refractivity contribution in [2.45, 2.75) is 239 Å². The number of unbranched alkanes of at least 4 members (excludes halogenated alkanes) is 3. The van der Waals surface area contributed by atoms with Crippen molar-refractivity contribution in [1.29, 1.82) is 27.0 Å². The SMILES string of the molecule is N=C(N)NCCC[C@H](NC(=O)[C@@H]1CSSC[C@H](NC(=O)[C@H](Cc2c[nH]c3ccccc23)NC(=O)[C@H](CCCNC(=N)N)NC(=O)[C@@H](N)CCCNC(=N)N)C(=O)N[C@@H](Cc2ccc(O)cc2)C(=O)N[C@@H](CCCNC(=N)N)C(=O)N[C@@H](CCCCN)C(=O)N[C@H](CCCCN)C(=O)N2CCC[C@H]2C(=O)N[C@@H](Cc2ccc(O)cc2)C(=O)N[C@@H](CCCNC(=N)N)C(=O)N[C@@H](CCCCN)C(=O)N1)C(N)=O. The Bertz CT molecular complexity index is 4810. The van der Waals surface area contributed by atoms with Crippen LogP contribution in [-0.2, 0) is 86.4 Å². The van der Waals surface area contributed by atoms with Crippen LogP contribution in [0, 0.1) is 27.0 Å². The standard InChI is InChI=1S/C88H142N34O16S2/c89-34-6-3-18-58-74(129)116-63(20-5-8-36-91)83(138)122-42-14-25-69(122)82(137)119-65(44-50-28-32-53(124)33-29-50)78(133)115-62(24-13-41-108-88(102)103)73(128)113-59(19-4-7-35-90)76(131)120-67(80(135)110-57(70(93)125)21-10-38-105-85(96)97)47-139-140-48-68(81(136)117-64(43-49-26-30-52(123)31-27-49)77(132)114-61(72(127)112-58)23-12-40-107-87(100)101)121-79(134)66(45-51-46-109-56-17-2-1-15-54(51)56)118-75(130)60(22-11-39-106-86(98)99)111-71(126)55(92)16-9-37-104-84(94)95/h1-2,15,17,26-33,46,55,57-69,109,123-124H,3-14,16,18-25,34-45,47-48,89-92H2,(H2,93,125)(H,110,135)(H,111,126)(H,112,127)(H,113,128)(H,114,132)(H,115,133)(H,116,129)(H,117,136)(H,118,130)(H,119,137)(H,120,131)(H,121,134)(H4,94,95,104)(H4,96,97,105)(H4,98,99,106)(H4,100,101,107)(H4,102,103,108)/t55-,57-,58-,59-,60-,61-,62-,63+,64-,65-,66-,67-,68-,69-/m0/s1. The average Bonchev–Trinajstić information content (AvgIpc) is 1.66. The number of benzene rings is 3. The highest BCUT2D eigenvalue weighted by atomic mass is 33.1. The Balaban J connectivity index is 1.60. The van der Waals surface area contributed by atoms with Crippen LogP contribution in [0.1, 0.15) is 152 Å². The monoisotopic (exact) mass is 2000 g/mol. The molecule has 0 spiro atoms. The van der Waals surface area contributed by atoms with Gasteiger partial charge < -0.3 is 168 Å². The van der Waals surface area contributed by atoms with E-state index >= 15 is 57.5 Å². The fraction of sp³-hybridized carbons (Fsp3) is 0.557. The Kier molecular flexibility index (Phi) is 50.6.